The minimum Gasteiger partial charge on any atom is -0.346 e. The largest absolute Gasteiger partial charge is 0.346 e. The Morgan fingerprint density at radius 1 is 1.05 bits per heavy atom. The van der Waals surface area contributed by atoms with Crippen molar-refractivity contribution in [1.29, 1.82) is 0 Å². The van der Waals surface area contributed by atoms with Crippen LogP contribution in [0.25, 0.3) is 10.9 Å². The molecular formula is C15H20ClN3. The predicted octanol–water partition coefficient (Wildman–Crippen LogP) is 2.54. The molecule has 0 saturated carbocycles. The monoisotopic (exact) mass is 277 g/mol. The number of piperazine rings is 1. The number of benzene rings is 1. The second kappa shape index (κ2) is 5.53. The Kier molecular flexibility index (Phi) is 3.78. The first-order chi connectivity index (χ1) is 9.24. The zero-order valence-electron chi connectivity index (χ0n) is 11.3. The molecule has 2 aromatic rings. The number of fused-ring (bicyclic) bond motifs is 1. The smallest absolute Gasteiger partial charge is 0.0499 e. The van der Waals surface area contributed by atoms with Crippen molar-refractivity contribution < 1.29 is 0 Å². The number of halogens is 1. The van der Waals surface area contributed by atoms with Crippen LogP contribution in [0, 0.1) is 0 Å². The van der Waals surface area contributed by atoms with Gasteiger partial charge in [0.2, 0.25) is 0 Å². The van der Waals surface area contributed by atoms with Crippen LogP contribution in [0.5, 0.6) is 0 Å². The maximum absolute atomic E-state index is 6.21. The summed E-state index contributed by atoms with van der Waals surface area (Å²) in [6.45, 7) is 6.86. The average Bonchev–Trinajstić information content (AvgIpc) is 2.83. The van der Waals surface area contributed by atoms with Gasteiger partial charge in [0.15, 0.2) is 0 Å². The van der Waals surface area contributed by atoms with Crippen molar-refractivity contribution in [2.75, 3.05) is 39.8 Å². The molecule has 1 aromatic carbocycles. The fourth-order valence-electron chi connectivity index (χ4n) is 2.70. The maximum atomic E-state index is 6.21. The van der Waals surface area contributed by atoms with Gasteiger partial charge in [-0.15, -0.1) is 0 Å². The highest BCUT2D eigenvalue weighted by molar-refractivity contribution is 6.35. The zero-order valence-corrected chi connectivity index (χ0v) is 12.1. The van der Waals surface area contributed by atoms with Gasteiger partial charge >= 0.3 is 0 Å². The van der Waals surface area contributed by atoms with E-state index in [1.807, 2.05) is 12.1 Å². The van der Waals surface area contributed by atoms with Gasteiger partial charge < -0.3 is 9.47 Å². The van der Waals surface area contributed by atoms with Gasteiger partial charge in [-0.2, -0.15) is 0 Å². The first kappa shape index (κ1) is 13.0. The molecule has 3 nitrogen and oxygen atoms in total. The molecule has 0 unspecified atom stereocenters. The van der Waals surface area contributed by atoms with Gasteiger partial charge in [0.1, 0.15) is 0 Å². The normalized spacial score (nSPS) is 18.2. The summed E-state index contributed by atoms with van der Waals surface area (Å²) in [7, 11) is 2.19. The highest BCUT2D eigenvalue weighted by atomic mass is 35.5. The van der Waals surface area contributed by atoms with Crippen LogP contribution in [0.3, 0.4) is 0 Å². The standard InChI is InChI=1S/C15H20ClN3/c1-17-7-9-18(10-8-17)11-12-19-6-5-13-14(16)3-2-4-15(13)19/h2-6H,7-12H2,1H3. The summed E-state index contributed by atoms with van der Waals surface area (Å²) in [5.41, 5.74) is 1.24. The van der Waals surface area contributed by atoms with E-state index < -0.39 is 0 Å². The molecule has 0 aliphatic carbocycles. The molecule has 1 aliphatic heterocycles. The summed E-state index contributed by atoms with van der Waals surface area (Å²) in [5, 5.41) is 2.00. The number of hydrogen-bond donors (Lipinski definition) is 0. The van der Waals surface area contributed by atoms with E-state index in [4.69, 9.17) is 11.6 Å². The lowest BCUT2D eigenvalue weighted by Gasteiger charge is -2.32. The van der Waals surface area contributed by atoms with Gasteiger partial charge in [0.05, 0.1) is 0 Å². The number of aromatic nitrogens is 1. The van der Waals surface area contributed by atoms with Gasteiger partial charge in [-0.1, -0.05) is 17.7 Å². The van der Waals surface area contributed by atoms with Crippen LogP contribution in [0.2, 0.25) is 5.02 Å². The van der Waals surface area contributed by atoms with Crippen LogP contribution in [-0.2, 0) is 6.54 Å². The molecule has 19 heavy (non-hydrogen) atoms. The molecule has 102 valence electrons. The van der Waals surface area contributed by atoms with Crippen molar-refractivity contribution in [2.24, 2.45) is 0 Å². The highest BCUT2D eigenvalue weighted by Gasteiger charge is 2.13. The third-order valence-electron chi connectivity index (χ3n) is 4.01. The summed E-state index contributed by atoms with van der Waals surface area (Å²) in [6, 6.07) is 8.23. The molecule has 4 heteroatoms. The average molecular weight is 278 g/mol. The van der Waals surface area contributed by atoms with E-state index >= 15 is 0 Å². The Morgan fingerprint density at radius 3 is 2.63 bits per heavy atom. The van der Waals surface area contributed by atoms with E-state index in [1.165, 1.54) is 31.7 Å². The molecule has 0 radical (unpaired) electrons. The quantitative estimate of drug-likeness (QED) is 0.854. The van der Waals surface area contributed by atoms with Crippen molar-refractivity contribution in [3.05, 3.63) is 35.5 Å². The Bertz CT molecular complexity index is 556. The van der Waals surface area contributed by atoms with Crippen LogP contribution in [-0.4, -0.2) is 54.1 Å². The van der Waals surface area contributed by atoms with E-state index in [0.717, 1.165) is 23.5 Å². The van der Waals surface area contributed by atoms with Gasteiger partial charge in [-0.05, 0) is 25.2 Å². The SMILES string of the molecule is CN1CCN(CCn2ccc3c(Cl)cccc32)CC1. The van der Waals surface area contributed by atoms with E-state index in [9.17, 15) is 0 Å². The molecule has 1 aromatic heterocycles. The van der Waals surface area contributed by atoms with E-state index in [2.05, 4.69) is 39.7 Å². The van der Waals surface area contributed by atoms with Crippen LogP contribution in [0.15, 0.2) is 30.5 Å². The van der Waals surface area contributed by atoms with Crippen molar-refractivity contribution in [1.82, 2.24) is 14.4 Å². The number of nitrogens with zero attached hydrogens (tertiary/aromatic N) is 3. The van der Waals surface area contributed by atoms with Crippen LogP contribution >= 0.6 is 11.6 Å². The Balaban J connectivity index is 1.67. The minimum absolute atomic E-state index is 0.843. The molecule has 1 fully saturated rings. The lowest BCUT2D eigenvalue weighted by Crippen LogP contribution is -2.45. The first-order valence-electron chi connectivity index (χ1n) is 6.88. The lowest BCUT2D eigenvalue weighted by molar-refractivity contribution is 0.150. The first-order valence-corrected chi connectivity index (χ1v) is 7.26. The van der Waals surface area contributed by atoms with E-state index in [-0.39, 0.29) is 0 Å². The van der Waals surface area contributed by atoms with Crippen molar-refractivity contribution >= 4 is 22.5 Å². The fourth-order valence-corrected chi connectivity index (χ4v) is 2.93. The second-order valence-corrected chi connectivity index (χ2v) is 5.73. The van der Waals surface area contributed by atoms with Gasteiger partial charge in [0, 0.05) is 61.4 Å². The molecule has 0 amide bonds. The number of rotatable bonds is 3. The summed E-state index contributed by atoms with van der Waals surface area (Å²) < 4.78 is 2.31. The third-order valence-corrected chi connectivity index (χ3v) is 4.34. The van der Waals surface area contributed by atoms with Crippen molar-refractivity contribution in [2.45, 2.75) is 6.54 Å². The molecule has 2 heterocycles. The Labute approximate surface area is 119 Å². The van der Waals surface area contributed by atoms with E-state index in [1.54, 1.807) is 0 Å². The molecule has 3 rings (SSSR count). The van der Waals surface area contributed by atoms with Gasteiger partial charge in [-0.3, -0.25) is 4.90 Å². The van der Waals surface area contributed by atoms with Crippen LogP contribution < -0.4 is 0 Å². The Morgan fingerprint density at radius 2 is 1.84 bits per heavy atom. The molecule has 1 saturated heterocycles. The van der Waals surface area contributed by atoms with Gasteiger partial charge in [0.25, 0.3) is 0 Å². The third kappa shape index (κ3) is 2.78. The fraction of sp³-hybridized carbons (Fsp3) is 0.467. The maximum Gasteiger partial charge on any atom is 0.0499 e. The predicted molar refractivity (Wildman–Crippen MR) is 80.9 cm³/mol. The molecule has 1 aliphatic rings. The van der Waals surface area contributed by atoms with Crippen molar-refractivity contribution in [3.63, 3.8) is 0 Å². The zero-order chi connectivity index (χ0) is 13.2. The molecule has 0 spiro atoms. The minimum atomic E-state index is 0.843. The second-order valence-electron chi connectivity index (χ2n) is 5.33. The summed E-state index contributed by atoms with van der Waals surface area (Å²) in [4.78, 5) is 4.93. The number of likely N-dealkylation sites (N-methyl/N-ethyl adjacent to an activating group) is 1. The topological polar surface area (TPSA) is 11.4 Å². The molecule has 0 N–H and O–H groups in total. The van der Waals surface area contributed by atoms with Crippen LogP contribution in [0.4, 0.5) is 0 Å². The Hall–Kier alpha value is -1.03. The van der Waals surface area contributed by atoms with Gasteiger partial charge in [-0.25, -0.2) is 0 Å². The molecule has 0 bridgehead atoms. The molecule has 0 atom stereocenters. The molecular weight excluding hydrogens is 258 g/mol. The summed E-state index contributed by atoms with van der Waals surface area (Å²) >= 11 is 6.21. The lowest BCUT2D eigenvalue weighted by atomic mass is 10.2. The summed E-state index contributed by atoms with van der Waals surface area (Å²) in [5.74, 6) is 0. The number of hydrogen-bond acceptors (Lipinski definition) is 2. The van der Waals surface area contributed by atoms with Crippen LogP contribution in [0.1, 0.15) is 0 Å². The van der Waals surface area contributed by atoms with Crippen molar-refractivity contribution in [3.8, 4) is 0 Å². The highest BCUT2D eigenvalue weighted by Crippen LogP contribution is 2.24. The van der Waals surface area contributed by atoms with E-state index in [0.29, 0.717) is 0 Å². The summed E-state index contributed by atoms with van der Waals surface area (Å²) in [6.07, 6.45) is 2.15.